The van der Waals surface area contributed by atoms with Gasteiger partial charge in [0, 0.05) is 42.5 Å². The van der Waals surface area contributed by atoms with E-state index in [1.807, 2.05) is 0 Å². The molecule has 4 heterocycles. The third kappa shape index (κ3) is 5.89. The van der Waals surface area contributed by atoms with E-state index in [0.29, 0.717) is 16.9 Å². The average Bonchev–Trinajstić information content (AvgIpc) is 2.82. The second-order valence-electron chi connectivity index (χ2n) is 9.43. The van der Waals surface area contributed by atoms with E-state index in [2.05, 4.69) is 9.97 Å². The normalized spacial score (nSPS) is 12.0. The Morgan fingerprint density at radius 2 is 1.74 bits per heavy atom. The lowest BCUT2D eigenvalue weighted by Gasteiger charge is -2.20. The average molecular weight is 561 g/mol. The molecule has 0 saturated heterocycles. The van der Waals surface area contributed by atoms with Crippen LogP contribution in [-0.2, 0) is 18.4 Å². The fourth-order valence-corrected chi connectivity index (χ4v) is 4.39. The summed E-state index contributed by atoms with van der Waals surface area (Å²) in [6.07, 6.45) is -0.814. The molecule has 0 aliphatic heterocycles. The van der Waals surface area contributed by atoms with Gasteiger partial charge in [0.2, 0.25) is 0 Å². The van der Waals surface area contributed by atoms with Crippen molar-refractivity contribution in [1.29, 1.82) is 0 Å². The minimum atomic E-state index is -4.49. The van der Waals surface area contributed by atoms with Crippen molar-refractivity contribution in [2.24, 2.45) is 0 Å². The quantitative estimate of drug-likeness (QED) is 0.361. The molecule has 0 fully saturated rings. The number of pyridine rings is 4. The van der Waals surface area contributed by atoms with Gasteiger partial charge in [-0.3, -0.25) is 23.7 Å². The zero-order valence-electron chi connectivity index (χ0n) is 21.4. The van der Waals surface area contributed by atoms with Crippen LogP contribution in [0.25, 0.3) is 11.5 Å². The summed E-state index contributed by atoms with van der Waals surface area (Å²) in [7, 11) is 0. The van der Waals surface area contributed by atoms with Gasteiger partial charge in [-0.1, -0.05) is 11.6 Å². The van der Waals surface area contributed by atoms with Gasteiger partial charge in [0.25, 0.3) is 11.1 Å². The van der Waals surface area contributed by atoms with E-state index in [1.165, 1.54) is 53.6 Å². The number of rotatable bonds is 6. The number of aromatic nitrogens is 4. The van der Waals surface area contributed by atoms with E-state index < -0.39 is 28.5 Å². The predicted octanol–water partition coefficient (Wildman–Crippen LogP) is 4.87. The third-order valence-corrected chi connectivity index (χ3v) is 6.24. The molecule has 0 aliphatic carbocycles. The molecule has 4 aromatic heterocycles. The van der Waals surface area contributed by atoms with Gasteiger partial charge in [0.15, 0.2) is 0 Å². The van der Waals surface area contributed by atoms with Gasteiger partial charge >= 0.3 is 6.18 Å². The number of aryl methyl sites for hydroxylation is 2. The largest absolute Gasteiger partial charge is 0.487 e. The molecule has 39 heavy (non-hydrogen) atoms. The number of hydrogen-bond donors (Lipinski definition) is 1. The highest BCUT2D eigenvalue weighted by Crippen LogP contribution is 2.29. The highest BCUT2D eigenvalue weighted by Gasteiger charge is 2.30. The van der Waals surface area contributed by atoms with Crippen LogP contribution in [-0.4, -0.2) is 24.2 Å². The van der Waals surface area contributed by atoms with Crippen LogP contribution in [0.2, 0.25) is 5.02 Å². The molecule has 204 valence electrons. The summed E-state index contributed by atoms with van der Waals surface area (Å²) in [4.78, 5) is 34.4. The predicted molar refractivity (Wildman–Crippen MR) is 139 cm³/mol. The SMILES string of the molecule is Cc1cnc(-n2ccc(Cl)c(C(C)(C)O)c2=O)cc1-n1c(C)cc(OCc2ccc(C(F)(F)F)cn2)cc1=O. The zero-order chi connectivity index (χ0) is 28.7. The molecule has 0 aliphatic rings. The zero-order valence-corrected chi connectivity index (χ0v) is 22.1. The van der Waals surface area contributed by atoms with Crippen molar-refractivity contribution in [1.82, 2.24) is 19.1 Å². The van der Waals surface area contributed by atoms with Crippen molar-refractivity contribution >= 4 is 11.6 Å². The minimum Gasteiger partial charge on any atom is -0.487 e. The first-order valence-electron chi connectivity index (χ1n) is 11.7. The lowest BCUT2D eigenvalue weighted by molar-refractivity contribution is -0.137. The van der Waals surface area contributed by atoms with Gasteiger partial charge in [-0.2, -0.15) is 13.2 Å². The third-order valence-electron chi connectivity index (χ3n) is 5.93. The number of halogens is 4. The molecule has 0 radical (unpaired) electrons. The summed E-state index contributed by atoms with van der Waals surface area (Å²) in [5.41, 5.74) is -1.47. The van der Waals surface area contributed by atoms with Crippen LogP contribution in [0, 0.1) is 13.8 Å². The Morgan fingerprint density at radius 1 is 1.03 bits per heavy atom. The van der Waals surface area contributed by atoms with Gasteiger partial charge < -0.3 is 9.84 Å². The van der Waals surface area contributed by atoms with E-state index in [-0.39, 0.29) is 34.5 Å². The van der Waals surface area contributed by atoms with Crippen molar-refractivity contribution < 1.29 is 23.0 Å². The lowest BCUT2D eigenvalue weighted by Crippen LogP contribution is -2.32. The molecule has 1 N–H and O–H groups in total. The number of nitrogens with zero attached hydrogens (tertiary/aromatic N) is 4. The highest BCUT2D eigenvalue weighted by atomic mass is 35.5. The number of hydrogen-bond acceptors (Lipinski definition) is 6. The standard InChI is InChI=1S/C27H24ClF3N4O4/c1-15-12-33-22(34-8-7-20(28)24(25(34)37)26(3,4)38)11-21(15)35-16(2)9-19(10-23(35)36)39-14-18-6-5-17(13-32-18)27(29,30)31/h5-13,38H,14H2,1-4H3. The monoisotopic (exact) mass is 560 g/mol. The van der Waals surface area contributed by atoms with Gasteiger partial charge in [-0.05, 0) is 51.5 Å². The summed E-state index contributed by atoms with van der Waals surface area (Å²) < 4.78 is 46.5. The smallest absolute Gasteiger partial charge is 0.417 e. The second kappa shape index (κ2) is 10.3. The first-order chi connectivity index (χ1) is 18.2. The van der Waals surface area contributed by atoms with Crippen molar-refractivity contribution in [3.05, 3.63) is 109 Å². The summed E-state index contributed by atoms with van der Waals surface area (Å²) >= 11 is 6.17. The van der Waals surface area contributed by atoms with Crippen LogP contribution >= 0.6 is 11.6 Å². The minimum absolute atomic E-state index is 0.00739. The van der Waals surface area contributed by atoms with Crippen molar-refractivity contribution in [2.75, 3.05) is 0 Å². The van der Waals surface area contributed by atoms with Crippen LogP contribution in [0.1, 0.15) is 41.9 Å². The van der Waals surface area contributed by atoms with E-state index in [0.717, 1.165) is 12.3 Å². The molecule has 0 atom stereocenters. The topological polar surface area (TPSA) is 99.2 Å². The molecule has 0 aromatic carbocycles. The lowest BCUT2D eigenvalue weighted by atomic mass is 10.00. The van der Waals surface area contributed by atoms with Crippen molar-refractivity contribution in [3.8, 4) is 17.3 Å². The highest BCUT2D eigenvalue weighted by molar-refractivity contribution is 6.31. The maximum Gasteiger partial charge on any atom is 0.417 e. The van der Waals surface area contributed by atoms with Crippen LogP contribution in [0.3, 0.4) is 0 Å². The number of ether oxygens (including phenoxy) is 1. The Balaban J connectivity index is 1.66. The molecule has 12 heteroatoms. The summed E-state index contributed by atoms with van der Waals surface area (Å²) in [6, 6.07) is 8.02. The Kier molecular flexibility index (Phi) is 7.42. The molecule has 0 amide bonds. The van der Waals surface area contributed by atoms with E-state index in [1.54, 1.807) is 26.0 Å². The summed E-state index contributed by atoms with van der Waals surface area (Å²) in [5, 5.41) is 10.5. The van der Waals surface area contributed by atoms with Crippen LogP contribution < -0.4 is 15.9 Å². The Hall–Kier alpha value is -3.96. The van der Waals surface area contributed by atoms with E-state index in [9.17, 15) is 27.9 Å². The van der Waals surface area contributed by atoms with Crippen LogP contribution in [0.5, 0.6) is 5.75 Å². The summed E-state index contributed by atoms with van der Waals surface area (Å²) in [5.74, 6) is 0.425. The summed E-state index contributed by atoms with van der Waals surface area (Å²) in [6.45, 7) is 6.21. The molecule has 0 saturated carbocycles. The number of aliphatic hydroxyl groups is 1. The van der Waals surface area contributed by atoms with Gasteiger partial charge in [0.1, 0.15) is 18.2 Å². The number of alkyl halides is 3. The van der Waals surface area contributed by atoms with E-state index in [4.69, 9.17) is 16.3 Å². The first kappa shape index (κ1) is 28.1. The fraction of sp³-hybridized carbons (Fsp3) is 0.259. The molecule has 8 nitrogen and oxygen atoms in total. The van der Waals surface area contributed by atoms with Crippen molar-refractivity contribution in [3.63, 3.8) is 0 Å². The molecule has 0 unspecified atom stereocenters. The van der Waals surface area contributed by atoms with Gasteiger partial charge in [-0.15, -0.1) is 0 Å². The Labute approximate surface area is 225 Å². The van der Waals surface area contributed by atoms with Crippen LogP contribution in [0.4, 0.5) is 13.2 Å². The van der Waals surface area contributed by atoms with Crippen LogP contribution in [0.15, 0.2) is 64.6 Å². The maximum atomic E-state index is 13.1. The van der Waals surface area contributed by atoms with Crippen molar-refractivity contribution in [2.45, 2.75) is 46.1 Å². The Bertz CT molecular complexity index is 1660. The van der Waals surface area contributed by atoms with Gasteiger partial charge in [-0.25, -0.2) is 4.98 Å². The molecular weight excluding hydrogens is 537 g/mol. The van der Waals surface area contributed by atoms with Gasteiger partial charge in [0.05, 0.1) is 33.1 Å². The molecule has 4 aromatic rings. The molecule has 0 spiro atoms. The molecule has 0 bridgehead atoms. The molecule has 4 rings (SSSR count). The fourth-order valence-electron chi connectivity index (χ4n) is 4.02. The molecular formula is C27H24ClF3N4O4. The Morgan fingerprint density at radius 3 is 2.33 bits per heavy atom. The maximum absolute atomic E-state index is 13.1. The van der Waals surface area contributed by atoms with E-state index >= 15 is 0 Å². The second-order valence-corrected chi connectivity index (χ2v) is 9.84. The first-order valence-corrected chi connectivity index (χ1v) is 12.0.